The summed E-state index contributed by atoms with van der Waals surface area (Å²) in [6.07, 6.45) is 0.428. The van der Waals surface area contributed by atoms with Crippen LogP contribution in [0, 0.1) is 0 Å². The van der Waals surface area contributed by atoms with Crippen LogP contribution >= 0.6 is 39.1 Å². The molecule has 23 heavy (non-hydrogen) atoms. The molecule has 0 saturated carbocycles. The summed E-state index contributed by atoms with van der Waals surface area (Å²) in [5, 5.41) is 1.97. The van der Waals surface area contributed by atoms with E-state index in [1.54, 1.807) is 11.0 Å². The number of carbonyl (C=O) groups excluding carboxylic acids is 1. The zero-order valence-corrected chi connectivity index (χ0v) is 16.2. The van der Waals surface area contributed by atoms with Crippen molar-refractivity contribution >= 4 is 56.1 Å². The average Bonchev–Trinajstić information content (AvgIpc) is 2.82. The smallest absolute Gasteiger partial charge is 0.410 e. The van der Waals surface area contributed by atoms with Crippen LogP contribution in [0.25, 0.3) is 10.9 Å². The van der Waals surface area contributed by atoms with Gasteiger partial charge in [0.1, 0.15) is 5.60 Å². The molecule has 1 aliphatic heterocycles. The van der Waals surface area contributed by atoms with Crippen LogP contribution in [0.2, 0.25) is 10.0 Å². The van der Waals surface area contributed by atoms with E-state index in [2.05, 4.69) is 20.9 Å². The SMILES string of the molecule is CC(C)(C)OC(=O)N1CCc2[nH]c3c(Cl)c(Cl)cc(Br)c3c2C1. The number of carbonyl (C=O) groups is 1. The van der Waals surface area contributed by atoms with Gasteiger partial charge in [0.05, 0.1) is 22.1 Å². The molecule has 0 bridgehead atoms. The van der Waals surface area contributed by atoms with E-state index in [4.69, 9.17) is 27.9 Å². The van der Waals surface area contributed by atoms with Gasteiger partial charge < -0.3 is 14.6 Å². The van der Waals surface area contributed by atoms with Crippen molar-refractivity contribution in [3.8, 4) is 0 Å². The van der Waals surface area contributed by atoms with Gasteiger partial charge in [0, 0.05) is 34.1 Å². The lowest BCUT2D eigenvalue weighted by Gasteiger charge is -2.30. The van der Waals surface area contributed by atoms with Crippen LogP contribution in [0.1, 0.15) is 32.0 Å². The number of fused-ring (bicyclic) bond motifs is 3. The lowest BCUT2D eigenvalue weighted by atomic mass is 10.0. The molecular formula is C16H17BrCl2N2O2. The summed E-state index contributed by atoms with van der Waals surface area (Å²) in [4.78, 5) is 17.4. The maximum atomic E-state index is 12.3. The second kappa shape index (κ2) is 5.87. The average molecular weight is 420 g/mol. The van der Waals surface area contributed by atoms with Crippen molar-refractivity contribution in [2.45, 2.75) is 39.3 Å². The van der Waals surface area contributed by atoms with Crippen LogP contribution in [-0.2, 0) is 17.7 Å². The Morgan fingerprint density at radius 3 is 2.74 bits per heavy atom. The number of H-pyrrole nitrogens is 1. The van der Waals surface area contributed by atoms with E-state index in [0.717, 1.165) is 33.1 Å². The lowest BCUT2D eigenvalue weighted by Crippen LogP contribution is -2.39. The summed E-state index contributed by atoms with van der Waals surface area (Å²) in [7, 11) is 0. The number of nitrogens with zero attached hydrogens (tertiary/aromatic N) is 1. The molecule has 0 atom stereocenters. The second-order valence-electron chi connectivity index (χ2n) is 6.64. The third kappa shape index (κ3) is 3.19. The topological polar surface area (TPSA) is 45.3 Å². The van der Waals surface area contributed by atoms with E-state index in [0.29, 0.717) is 23.1 Å². The first-order valence-corrected chi connectivity index (χ1v) is 8.87. The van der Waals surface area contributed by atoms with Crippen LogP contribution in [0.3, 0.4) is 0 Å². The predicted molar refractivity (Wildman–Crippen MR) is 96.4 cm³/mol. The molecule has 1 aliphatic rings. The molecule has 124 valence electrons. The van der Waals surface area contributed by atoms with E-state index in [1.807, 2.05) is 20.8 Å². The second-order valence-corrected chi connectivity index (χ2v) is 8.28. The zero-order chi connectivity index (χ0) is 16.9. The molecule has 3 rings (SSSR count). The molecule has 0 radical (unpaired) electrons. The number of hydrogen-bond acceptors (Lipinski definition) is 2. The van der Waals surface area contributed by atoms with Gasteiger partial charge in [-0.3, -0.25) is 0 Å². The van der Waals surface area contributed by atoms with E-state index in [9.17, 15) is 4.79 Å². The Morgan fingerprint density at radius 2 is 2.09 bits per heavy atom. The normalized spacial score (nSPS) is 15.0. The number of amides is 1. The van der Waals surface area contributed by atoms with E-state index >= 15 is 0 Å². The number of aromatic nitrogens is 1. The van der Waals surface area contributed by atoms with Crippen molar-refractivity contribution in [2.75, 3.05) is 6.54 Å². The summed E-state index contributed by atoms with van der Waals surface area (Å²) in [5.41, 5.74) is 2.45. The fourth-order valence-electron chi connectivity index (χ4n) is 2.77. The van der Waals surface area contributed by atoms with Gasteiger partial charge in [0.25, 0.3) is 0 Å². The van der Waals surface area contributed by atoms with Gasteiger partial charge in [-0.25, -0.2) is 4.79 Å². The number of halogens is 3. The number of benzene rings is 1. The summed E-state index contributed by atoms with van der Waals surface area (Å²) in [5.74, 6) is 0. The molecule has 1 aromatic carbocycles. The van der Waals surface area contributed by atoms with Crippen LogP contribution in [0.4, 0.5) is 4.79 Å². The fourth-order valence-corrected chi connectivity index (χ4v) is 3.97. The first kappa shape index (κ1) is 16.9. The van der Waals surface area contributed by atoms with Crippen LogP contribution in [0.15, 0.2) is 10.5 Å². The largest absolute Gasteiger partial charge is 0.444 e. The van der Waals surface area contributed by atoms with E-state index in [-0.39, 0.29) is 6.09 Å². The molecular weight excluding hydrogens is 403 g/mol. The van der Waals surface area contributed by atoms with Gasteiger partial charge >= 0.3 is 6.09 Å². The van der Waals surface area contributed by atoms with Crippen molar-refractivity contribution in [3.05, 3.63) is 31.8 Å². The standard InChI is InChI=1S/C16H17BrCl2N2O2/c1-16(2,3)23-15(22)21-5-4-11-8(7-21)12-9(17)6-10(18)13(19)14(12)20-11/h6,20H,4-5,7H2,1-3H3. The van der Waals surface area contributed by atoms with Gasteiger partial charge in [-0.15, -0.1) is 0 Å². The third-order valence-electron chi connectivity index (χ3n) is 3.75. The lowest BCUT2D eigenvalue weighted by molar-refractivity contribution is 0.0224. The van der Waals surface area contributed by atoms with Crippen LogP contribution in [-0.4, -0.2) is 28.1 Å². The van der Waals surface area contributed by atoms with Crippen LogP contribution < -0.4 is 0 Å². The van der Waals surface area contributed by atoms with Gasteiger partial charge in [0.15, 0.2) is 0 Å². The van der Waals surface area contributed by atoms with Crippen molar-refractivity contribution in [2.24, 2.45) is 0 Å². The first-order chi connectivity index (χ1) is 10.7. The molecule has 2 heterocycles. The maximum Gasteiger partial charge on any atom is 0.410 e. The summed E-state index contributed by atoms with van der Waals surface area (Å²) < 4.78 is 6.34. The summed E-state index contributed by atoms with van der Waals surface area (Å²) >= 11 is 16.0. The molecule has 1 amide bonds. The minimum atomic E-state index is -0.505. The first-order valence-electron chi connectivity index (χ1n) is 7.32. The molecule has 2 aromatic rings. The Balaban J connectivity index is 1.99. The molecule has 1 N–H and O–H groups in total. The quantitative estimate of drug-likeness (QED) is 0.570. The highest BCUT2D eigenvalue weighted by Gasteiger charge is 2.29. The Hall–Kier alpha value is -0.910. The van der Waals surface area contributed by atoms with Crippen molar-refractivity contribution in [1.29, 1.82) is 0 Å². The Morgan fingerprint density at radius 1 is 1.39 bits per heavy atom. The molecule has 0 unspecified atom stereocenters. The third-order valence-corrected chi connectivity index (χ3v) is 5.16. The van der Waals surface area contributed by atoms with Gasteiger partial charge in [-0.1, -0.05) is 39.1 Å². The predicted octanol–water partition coefficient (Wildman–Crippen LogP) is 5.53. The van der Waals surface area contributed by atoms with Crippen molar-refractivity contribution in [3.63, 3.8) is 0 Å². The highest BCUT2D eigenvalue weighted by Crippen LogP contribution is 2.40. The molecule has 4 nitrogen and oxygen atoms in total. The monoisotopic (exact) mass is 418 g/mol. The Kier molecular flexibility index (Phi) is 4.32. The molecule has 7 heteroatoms. The van der Waals surface area contributed by atoms with Gasteiger partial charge in [0.2, 0.25) is 0 Å². The minimum absolute atomic E-state index is 0.298. The van der Waals surface area contributed by atoms with Gasteiger partial charge in [-0.05, 0) is 26.8 Å². The molecule has 0 fully saturated rings. The summed E-state index contributed by atoms with van der Waals surface area (Å²) in [6.45, 7) is 6.69. The highest BCUT2D eigenvalue weighted by molar-refractivity contribution is 9.10. The zero-order valence-electron chi connectivity index (χ0n) is 13.1. The fraction of sp³-hybridized carbons (Fsp3) is 0.438. The minimum Gasteiger partial charge on any atom is -0.444 e. The molecule has 0 aliphatic carbocycles. The summed E-state index contributed by atoms with van der Waals surface area (Å²) in [6, 6.07) is 1.78. The molecule has 0 saturated heterocycles. The van der Waals surface area contributed by atoms with Gasteiger partial charge in [-0.2, -0.15) is 0 Å². The Bertz CT molecular complexity index is 796. The number of aromatic amines is 1. The molecule has 1 aromatic heterocycles. The van der Waals surface area contributed by atoms with Crippen LogP contribution in [0.5, 0.6) is 0 Å². The number of nitrogens with one attached hydrogen (secondary N) is 1. The highest BCUT2D eigenvalue weighted by atomic mass is 79.9. The van der Waals surface area contributed by atoms with Crippen molar-refractivity contribution in [1.82, 2.24) is 9.88 Å². The Labute approximate surface area is 153 Å². The van der Waals surface area contributed by atoms with E-state index < -0.39 is 5.60 Å². The number of rotatable bonds is 0. The molecule has 0 spiro atoms. The van der Waals surface area contributed by atoms with E-state index in [1.165, 1.54) is 0 Å². The van der Waals surface area contributed by atoms with Crippen molar-refractivity contribution < 1.29 is 9.53 Å². The number of ether oxygens (including phenoxy) is 1. The maximum absolute atomic E-state index is 12.3. The number of hydrogen-bond donors (Lipinski definition) is 1.